The molecule has 1 atom stereocenters. The summed E-state index contributed by atoms with van der Waals surface area (Å²) in [6, 6.07) is 10.7. The molecule has 1 aromatic heterocycles. The SMILES string of the molecule is Cc1c(/C=N/OC(N)=O)ccc2c1CC[C@@H]2NC(=O)c1cc(C(=O)NCc2ccc3c(c2)CN(c2c(N)c(=O)c2=O)CC3)ncn1. The van der Waals surface area contributed by atoms with Crippen LogP contribution in [0.15, 0.2) is 57.5 Å². The van der Waals surface area contributed by atoms with E-state index in [2.05, 4.69) is 30.6 Å². The molecule has 0 saturated carbocycles. The summed E-state index contributed by atoms with van der Waals surface area (Å²) in [6.45, 7) is 3.15. The van der Waals surface area contributed by atoms with Crippen LogP contribution in [0.3, 0.4) is 0 Å². The van der Waals surface area contributed by atoms with Crippen molar-refractivity contribution in [2.45, 2.75) is 45.3 Å². The Morgan fingerprint density at radius 2 is 1.83 bits per heavy atom. The average Bonchev–Trinajstić information content (AvgIpc) is 3.47. The van der Waals surface area contributed by atoms with Crippen LogP contribution in [-0.4, -0.2) is 40.6 Å². The maximum atomic E-state index is 13.1. The summed E-state index contributed by atoms with van der Waals surface area (Å²) in [6.07, 6.45) is 3.69. The molecule has 14 nitrogen and oxygen atoms in total. The summed E-state index contributed by atoms with van der Waals surface area (Å²) < 4.78 is 0. The van der Waals surface area contributed by atoms with Crippen molar-refractivity contribution in [1.29, 1.82) is 0 Å². The molecule has 6 N–H and O–H groups in total. The molecular formula is C32H30N8O6. The topological polar surface area (TPSA) is 212 Å². The lowest BCUT2D eigenvalue weighted by molar-refractivity contribution is 0.0931. The van der Waals surface area contributed by atoms with Gasteiger partial charge in [-0.1, -0.05) is 35.5 Å². The third-order valence-electron chi connectivity index (χ3n) is 8.48. The van der Waals surface area contributed by atoms with Gasteiger partial charge in [-0.2, -0.15) is 0 Å². The van der Waals surface area contributed by atoms with E-state index in [1.807, 2.05) is 42.2 Å². The number of amides is 3. The van der Waals surface area contributed by atoms with Gasteiger partial charge in [-0.15, -0.1) is 0 Å². The molecular weight excluding hydrogens is 592 g/mol. The van der Waals surface area contributed by atoms with Crippen LogP contribution in [0.1, 0.15) is 72.4 Å². The van der Waals surface area contributed by atoms with Crippen LogP contribution in [0, 0.1) is 6.92 Å². The van der Waals surface area contributed by atoms with E-state index in [1.165, 1.54) is 18.6 Å². The number of rotatable bonds is 8. The fourth-order valence-corrected chi connectivity index (χ4v) is 6.06. The highest BCUT2D eigenvalue weighted by molar-refractivity contribution is 5.97. The van der Waals surface area contributed by atoms with Crippen molar-refractivity contribution in [3.05, 3.63) is 114 Å². The molecule has 0 saturated heterocycles. The summed E-state index contributed by atoms with van der Waals surface area (Å²) in [5, 5.41) is 9.42. The smallest absolute Gasteiger partial charge is 0.394 e. The summed E-state index contributed by atoms with van der Waals surface area (Å²) in [5.74, 6) is -0.905. The second-order valence-corrected chi connectivity index (χ2v) is 11.2. The van der Waals surface area contributed by atoms with Crippen molar-refractivity contribution in [3.8, 4) is 0 Å². The molecule has 0 radical (unpaired) electrons. The molecule has 1 aliphatic carbocycles. The molecule has 3 amide bonds. The number of hydrogen-bond acceptors (Lipinski definition) is 11. The number of fused-ring (bicyclic) bond motifs is 2. The zero-order valence-electron chi connectivity index (χ0n) is 24.8. The number of nitrogen functional groups attached to an aromatic ring is 1. The van der Waals surface area contributed by atoms with Gasteiger partial charge < -0.3 is 27.0 Å². The van der Waals surface area contributed by atoms with Gasteiger partial charge in [-0.25, -0.2) is 14.8 Å². The minimum absolute atomic E-state index is 0.00745. The number of benzene rings is 2. The largest absolute Gasteiger partial charge is 0.430 e. The Labute approximate surface area is 262 Å². The second kappa shape index (κ2) is 12.2. The standard InChI is InChI=1S/C32H30N8O6/c1-16-19(13-38-46-32(34)45)4-5-22-21(16)6-7-23(22)39-31(44)25-11-24(36-15-37-25)30(43)35-12-17-2-3-18-8-9-40(14-20(18)10-17)27-26(33)28(41)29(27)42/h2-5,10-11,13,15,23H,6-9,12,14,33H2,1H3,(H2,34,45)(H,35,43)(H,39,44)/b38-13+/t23-/m0/s1. The zero-order chi connectivity index (χ0) is 32.5. The van der Waals surface area contributed by atoms with Crippen LogP contribution >= 0.6 is 0 Å². The Morgan fingerprint density at radius 1 is 1.04 bits per heavy atom. The van der Waals surface area contributed by atoms with Crippen LogP contribution < -0.4 is 37.9 Å². The van der Waals surface area contributed by atoms with Crippen molar-refractivity contribution < 1.29 is 19.2 Å². The molecule has 0 fully saturated rings. The van der Waals surface area contributed by atoms with E-state index >= 15 is 0 Å². The van der Waals surface area contributed by atoms with E-state index < -0.39 is 28.8 Å². The molecule has 1 aliphatic heterocycles. The first-order valence-corrected chi connectivity index (χ1v) is 14.6. The van der Waals surface area contributed by atoms with E-state index in [-0.39, 0.29) is 35.3 Å². The van der Waals surface area contributed by atoms with Crippen LogP contribution in [0.25, 0.3) is 0 Å². The Morgan fingerprint density at radius 3 is 2.59 bits per heavy atom. The molecule has 0 spiro atoms. The van der Waals surface area contributed by atoms with Gasteiger partial charge in [-0.05, 0) is 65.1 Å². The summed E-state index contributed by atoms with van der Waals surface area (Å²) in [4.78, 5) is 74.9. The highest BCUT2D eigenvalue weighted by Crippen LogP contribution is 2.34. The first-order chi connectivity index (χ1) is 22.1. The molecule has 2 heterocycles. The van der Waals surface area contributed by atoms with Gasteiger partial charge in [0.05, 0.1) is 12.3 Å². The van der Waals surface area contributed by atoms with E-state index in [9.17, 15) is 24.0 Å². The second-order valence-electron chi connectivity index (χ2n) is 11.2. The van der Waals surface area contributed by atoms with Crippen molar-refractivity contribution in [2.75, 3.05) is 17.2 Å². The molecule has 6 rings (SSSR count). The third-order valence-corrected chi connectivity index (χ3v) is 8.48. The molecule has 3 aromatic carbocycles. The molecule has 4 aromatic rings. The molecule has 2 aliphatic rings. The highest BCUT2D eigenvalue weighted by atomic mass is 16.7. The number of primary amides is 1. The van der Waals surface area contributed by atoms with Crippen molar-refractivity contribution in [3.63, 3.8) is 0 Å². The number of nitrogens with two attached hydrogens (primary N) is 2. The first kappa shape index (κ1) is 30.1. The predicted molar refractivity (Wildman–Crippen MR) is 168 cm³/mol. The summed E-state index contributed by atoms with van der Waals surface area (Å²) in [7, 11) is 0. The Kier molecular flexibility index (Phi) is 8.01. The van der Waals surface area contributed by atoms with Crippen molar-refractivity contribution in [1.82, 2.24) is 20.6 Å². The summed E-state index contributed by atoms with van der Waals surface area (Å²) in [5.41, 5.74) is 16.6. The molecule has 0 unspecified atom stereocenters. The molecule has 14 heteroatoms. The van der Waals surface area contributed by atoms with Gasteiger partial charge in [0.2, 0.25) is 0 Å². The number of oxime groups is 1. The summed E-state index contributed by atoms with van der Waals surface area (Å²) >= 11 is 0. The lowest BCUT2D eigenvalue weighted by Gasteiger charge is -2.32. The van der Waals surface area contributed by atoms with Crippen LogP contribution in [0.5, 0.6) is 0 Å². The predicted octanol–water partition coefficient (Wildman–Crippen LogP) is 1.30. The minimum atomic E-state index is -1.00. The van der Waals surface area contributed by atoms with E-state index in [4.69, 9.17) is 11.5 Å². The lowest BCUT2D eigenvalue weighted by Crippen LogP contribution is -2.44. The average molecular weight is 623 g/mol. The lowest BCUT2D eigenvalue weighted by atomic mass is 9.96. The third kappa shape index (κ3) is 5.79. The van der Waals surface area contributed by atoms with Crippen LogP contribution in [0.4, 0.5) is 16.2 Å². The highest BCUT2D eigenvalue weighted by Gasteiger charge is 2.28. The molecule has 234 valence electrons. The van der Waals surface area contributed by atoms with Gasteiger partial charge in [0, 0.05) is 25.7 Å². The number of aromatic nitrogens is 2. The number of carbonyl (C=O) groups excluding carboxylic acids is 3. The number of nitrogens with one attached hydrogen (secondary N) is 2. The van der Waals surface area contributed by atoms with Gasteiger partial charge in [0.15, 0.2) is 0 Å². The quantitative estimate of drug-likeness (QED) is 0.0957. The van der Waals surface area contributed by atoms with E-state index in [0.29, 0.717) is 25.9 Å². The Hall–Kier alpha value is -5.92. The molecule has 46 heavy (non-hydrogen) atoms. The maximum absolute atomic E-state index is 13.1. The Balaban J connectivity index is 1.08. The number of hydrogen-bond donors (Lipinski definition) is 4. The van der Waals surface area contributed by atoms with Crippen molar-refractivity contribution >= 4 is 35.5 Å². The maximum Gasteiger partial charge on any atom is 0.430 e. The van der Waals surface area contributed by atoms with Gasteiger partial charge in [0.25, 0.3) is 22.7 Å². The Bertz CT molecular complexity index is 2000. The minimum Gasteiger partial charge on any atom is -0.394 e. The van der Waals surface area contributed by atoms with Crippen LogP contribution in [-0.2, 0) is 30.8 Å². The molecule has 0 bridgehead atoms. The van der Waals surface area contributed by atoms with Gasteiger partial charge >= 0.3 is 6.09 Å². The fourth-order valence-electron chi connectivity index (χ4n) is 6.06. The fraction of sp³-hybridized carbons (Fsp3) is 0.250. The van der Waals surface area contributed by atoms with Gasteiger partial charge in [0.1, 0.15) is 29.1 Å². The number of anilines is 2. The van der Waals surface area contributed by atoms with Gasteiger partial charge in [-0.3, -0.25) is 24.0 Å². The zero-order valence-corrected chi connectivity index (χ0v) is 24.8. The van der Waals surface area contributed by atoms with E-state index in [1.54, 1.807) is 0 Å². The first-order valence-electron chi connectivity index (χ1n) is 14.6. The van der Waals surface area contributed by atoms with Crippen LogP contribution in [0.2, 0.25) is 0 Å². The van der Waals surface area contributed by atoms with E-state index in [0.717, 1.165) is 45.4 Å². The monoisotopic (exact) mass is 622 g/mol. The number of carbonyl (C=O) groups is 3. The number of nitrogens with zero attached hydrogens (tertiary/aromatic N) is 4. The van der Waals surface area contributed by atoms with Crippen molar-refractivity contribution in [2.24, 2.45) is 10.9 Å². The normalized spacial score (nSPS) is 15.4.